The molecule has 2 unspecified atom stereocenters. The lowest BCUT2D eigenvalue weighted by molar-refractivity contribution is 0.0911. The molecule has 18 heavy (non-hydrogen) atoms. The highest BCUT2D eigenvalue weighted by molar-refractivity contribution is 5.99. The number of nitrogens with one attached hydrogen (secondary N) is 1. The number of aryl methyl sites for hydroxylation is 1. The summed E-state index contributed by atoms with van der Waals surface area (Å²) in [7, 11) is 0. The molecule has 0 radical (unpaired) electrons. The fourth-order valence-electron chi connectivity index (χ4n) is 2.64. The largest absolute Gasteiger partial charge is 0.398 e. The summed E-state index contributed by atoms with van der Waals surface area (Å²) in [6.45, 7) is 4.18. The fourth-order valence-corrected chi connectivity index (χ4v) is 2.64. The number of carbonyl (C=O) groups is 1. The molecule has 2 atom stereocenters. The van der Waals surface area contributed by atoms with E-state index in [0.717, 1.165) is 12.0 Å². The van der Waals surface area contributed by atoms with Crippen molar-refractivity contribution >= 4 is 11.6 Å². The number of hydrogen-bond acceptors (Lipinski definition) is 2. The van der Waals surface area contributed by atoms with Crippen LogP contribution in [-0.4, -0.2) is 11.9 Å². The van der Waals surface area contributed by atoms with Crippen LogP contribution in [0.2, 0.25) is 0 Å². The molecule has 98 valence electrons. The summed E-state index contributed by atoms with van der Waals surface area (Å²) < 4.78 is 0. The Hall–Kier alpha value is -1.51. The zero-order chi connectivity index (χ0) is 13.1. The van der Waals surface area contributed by atoms with Gasteiger partial charge in [-0.05, 0) is 37.8 Å². The van der Waals surface area contributed by atoms with E-state index in [-0.39, 0.29) is 5.91 Å². The lowest BCUT2D eigenvalue weighted by Crippen LogP contribution is -2.41. The number of nitrogens with two attached hydrogens (primary N) is 1. The molecule has 0 bridgehead atoms. The molecule has 1 saturated carbocycles. The Labute approximate surface area is 109 Å². The summed E-state index contributed by atoms with van der Waals surface area (Å²) in [5.41, 5.74) is 8.09. The molecule has 1 fully saturated rings. The van der Waals surface area contributed by atoms with Crippen molar-refractivity contribution in [2.24, 2.45) is 5.92 Å². The van der Waals surface area contributed by atoms with Crippen molar-refractivity contribution in [1.82, 2.24) is 5.32 Å². The van der Waals surface area contributed by atoms with Crippen LogP contribution in [0.3, 0.4) is 0 Å². The number of anilines is 1. The number of benzene rings is 1. The Morgan fingerprint density at radius 1 is 1.33 bits per heavy atom. The second-order valence-electron chi connectivity index (χ2n) is 5.43. The molecule has 2 rings (SSSR count). The first kappa shape index (κ1) is 12.9. The van der Waals surface area contributed by atoms with E-state index in [1.54, 1.807) is 6.07 Å². The van der Waals surface area contributed by atoms with Crippen LogP contribution in [-0.2, 0) is 0 Å². The van der Waals surface area contributed by atoms with Gasteiger partial charge in [-0.3, -0.25) is 4.79 Å². The average Bonchev–Trinajstić information content (AvgIpc) is 2.35. The van der Waals surface area contributed by atoms with Crippen molar-refractivity contribution in [3.63, 3.8) is 0 Å². The SMILES string of the molecule is Cc1ccc(N)c(C(=O)NC2CCCCC2C)c1. The highest BCUT2D eigenvalue weighted by Crippen LogP contribution is 2.24. The molecule has 3 nitrogen and oxygen atoms in total. The van der Waals surface area contributed by atoms with E-state index in [1.165, 1.54) is 19.3 Å². The van der Waals surface area contributed by atoms with Gasteiger partial charge in [0.1, 0.15) is 0 Å². The summed E-state index contributed by atoms with van der Waals surface area (Å²) >= 11 is 0. The van der Waals surface area contributed by atoms with Gasteiger partial charge in [-0.2, -0.15) is 0 Å². The van der Waals surface area contributed by atoms with E-state index in [4.69, 9.17) is 5.73 Å². The molecular formula is C15H22N2O. The second kappa shape index (κ2) is 5.42. The van der Waals surface area contributed by atoms with Gasteiger partial charge in [0.2, 0.25) is 0 Å². The Balaban J connectivity index is 2.09. The number of amides is 1. The van der Waals surface area contributed by atoms with Crippen LogP contribution >= 0.6 is 0 Å². The van der Waals surface area contributed by atoms with Gasteiger partial charge >= 0.3 is 0 Å². The van der Waals surface area contributed by atoms with Crippen LogP contribution in [0.4, 0.5) is 5.69 Å². The number of hydrogen-bond donors (Lipinski definition) is 2. The van der Waals surface area contributed by atoms with E-state index in [1.807, 2.05) is 19.1 Å². The molecule has 1 aromatic carbocycles. The highest BCUT2D eigenvalue weighted by atomic mass is 16.1. The number of carbonyl (C=O) groups excluding carboxylic acids is 1. The van der Waals surface area contributed by atoms with Gasteiger partial charge in [-0.25, -0.2) is 0 Å². The minimum Gasteiger partial charge on any atom is -0.398 e. The summed E-state index contributed by atoms with van der Waals surface area (Å²) in [5.74, 6) is 0.531. The molecule has 1 aliphatic carbocycles. The zero-order valence-corrected chi connectivity index (χ0v) is 11.2. The van der Waals surface area contributed by atoms with Crippen LogP contribution in [0.25, 0.3) is 0 Å². The van der Waals surface area contributed by atoms with Crippen molar-refractivity contribution in [3.05, 3.63) is 29.3 Å². The topological polar surface area (TPSA) is 55.1 Å². The van der Waals surface area contributed by atoms with Gasteiger partial charge in [0.05, 0.1) is 5.56 Å². The smallest absolute Gasteiger partial charge is 0.253 e. The van der Waals surface area contributed by atoms with Gasteiger partial charge in [-0.1, -0.05) is 31.4 Å². The summed E-state index contributed by atoms with van der Waals surface area (Å²) in [4.78, 5) is 12.2. The van der Waals surface area contributed by atoms with Crippen molar-refractivity contribution in [1.29, 1.82) is 0 Å². The molecular weight excluding hydrogens is 224 g/mol. The van der Waals surface area contributed by atoms with Crippen molar-refractivity contribution in [2.45, 2.75) is 45.6 Å². The van der Waals surface area contributed by atoms with E-state index < -0.39 is 0 Å². The van der Waals surface area contributed by atoms with Crippen molar-refractivity contribution < 1.29 is 4.79 Å². The van der Waals surface area contributed by atoms with Crippen LogP contribution < -0.4 is 11.1 Å². The normalized spacial score (nSPS) is 23.7. The quantitative estimate of drug-likeness (QED) is 0.788. The summed E-state index contributed by atoms with van der Waals surface area (Å²) in [6, 6.07) is 5.88. The van der Waals surface area contributed by atoms with Crippen LogP contribution in [0.5, 0.6) is 0 Å². The van der Waals surface area contributed by atoms with Gasteiger partial charge < -0.3 is 11.1 Å². The van der Waals surface area contributed by atoms with Crippen LogP contribution in [0.15, 0.2) is 18.2 Å². The monoisotopic (exact) mass is 246 g/mol. The maximum absolute atomic E-state index is 12.2. The molecule has 3 N–H and O–H groups in total. The minimum absolute atomic E-state index is 0.0325. The third-order valence-corrected chi connectivity index (χ3v) is 3.88. The predicted molar refractivity (Wildman–Crippen MR) is 74.5 cm³/mol. The standard InChI is InChI=1S/C15H22N2O/c1-10-7-8-13(16)12(9-10)15(18)17-14-6-4-3-5-11(14)2/h7-9,11,14H,3-6,16H2,1-2H3,(H,17,18). The molecule has 0 aromatic heterocycles. The molecule has 1 aliphatic rings. The molecule has 1 amide bonds. The Bertz CT molecular complexity index is 442. The van der Waals surface area contributed by atoms with Gasteiger partial charge in [0.25, 0.3) is 5.91 Å². The molecule has 0 saturated heterocycles. The van der Waals surface area contributed by atoms with Crippen molar-refractivity contribution in [3.8, 4) is 0 Å². The molecule has 0 heterocycles. The van der Waals surface area contributed by atoms with Gasteiger partial charge in [-0.15, -0.1) is 0 Å². The third kappa shape index (κ3) is 2.84. The van der Waals surface area contributed by atoms with Crippen LogP contribution in [0.1, 0.15) is 48.5 Å². The molecule has 3 heteroatoms. The third-order valence-electron chi connectivity index (χ3n) is 3.88. The first-order valence-electron chi connectivity index (χ1n) is 6.75. The predicted octanol–water partition coefficient (Wildman–Crippen LogP) is 2.89. The second-order valence-corrected chi connectivity index (χ2v) is 5.43. The summed E-state index contributed by atoms with van der Waals surface area (Å²) in [6.07, 6.45) is 4.77. The van der Waals surface area contributed by atoms with Crippen LogP contribution in [0, 0.1) is 12.8 Å². The van der Waals surface area contributed by atoms with E-state index in [0.29, 0.717) is 23.2 Å². The molecule has 1 aromatic rings. The van der Waals surface area contributed by atoms with Crippen molar-refractivity contribution in [2.75, 3.05) is 5.73 Å². The first-order chi connectivity index (χ1) is 8.58. The Morgan fingerprint density at radius 3 is 2.78 bits per heavy atom. The number of nitrogen functional groups attached to an aromatic ring is 1. The van der Waals surface area contributed by atoms with E-state index in [9.17, 15) is 4.79 Å². The minimum atomic E-state index is -0.0325. The van der Waals surface area contributed by atoms with Gasteiger partial charge in [0, 0.05) is 11.7 Å². The maximum atomic E-state index is 12.2. The number of rotatable bonds is 2. The maximum Gasteiger partial charge on any atom is 0.253 e. The lowest BCUT2D eigenvalue weighted by Gasteiger charge is -2.29. The summed E-state index contributed by atoms with van der Waals surface area (Å²) in [5, 5.41) is 3.13. The lowest BCUT2D eigenvalue weighted by atomic mass is 9.86. The first-order valence-corrected chi connectivity index (χ1v) is 6.75. The molecule has 0 aliphatic heterocycles. The van der Waals surface area contributed by atoms with Gasteiger partial charge in [0.15, 0.2) is 0 Å². The Morgan fingerprint density at radius 2 is 2.06 bits per heavy atom. The van der Waals surface area contributed by atoms with E-state index in [2.05, 4.69) is 12.2 Å². The zero-order valence-electron chi connectivity index (χ0n) is 11.2. The average molecular weight is 246 g/mol. The van der Waals surface area contributed by atoms with E-state index >= 15 is 0 Å². The highest BCUT2D eigenvalue weighted by Gasteiger charge is 2.23. The molecule has 0 spiro atoms. The fraction of sp³-hybridized carbons (Fsp3) is 0.533. The Kier molecular flexibility index (Phi) is 3.90.